The summed E-state index contributed by atoms with van der Waals surface area (Å²) in [4.78, 5) is 15.7. The van der Waals surface area contributed by atoms with Gasteiger partial charge in [-0.15, -0.1) is 0 Å². The minimum absolute atomic E-state index is 0.0845. The van der Waals surface area contributed by atoms with Gasteiger partial charge in [0, 0.05) is 19.3 Å². The molecule has 1 aliphatic heterocycles. The summed E-state index contributed by atoms with van der Waals surface area (Å²) in [5, 5.41) is 0. The predicted molar refractivity (Wildman–Crippen MR) is 76.8 cm³/mol. The van der Waals surface area contributed by atoms with Gasteiger partial charge >= 0.3 is 5.97 Å². The molecule has 7 nitrogen and oxygen atoms in total. The van der Waals surface area contributed by atoms with Gasteiger partial charge in [-0.3, -0.25) is 4.79 Å². The number of sulfonamides is 1. The first-order valence-corrected chi connectivity index (χ1v) is 8.27. The van der Waals surface area contributed by atoms with Crippen molar-refractivity contribution in [1.82, 2.24) is 9.29 Å². The number of hydrogen-bond acceptors (Lipinski definition) is 6. The highest BCUT2D eigenvalue weighted by atomic mass is 32.2. The summed E-state index contributed by atoms with van der Waals surface area (Å²) in [6.45, 7) is 2.56. The average molecular weight is 313 g/mol. The molecule has 1 unspecified atom stereocenters. The Bertz CT molecular complexity index is 600. The van der Waals surface area contributed by atoms with Crippen molar-refractivity contribution in [3.63, 3.8) is 0 Å². The fourth-order valence-electron chi connectivity index (χ4n) is 2.31. The monoisotopic (exact) mass is 313 g/mol. The lowest BCUT2D eigenvalue weighted by Crippen LogP contribution is -2.42. The summed E-state index contributed by atoms with van der Waals surface area (Å²) in [5.41, 5.74) is 5.46. The molecule has 1 aromatic rings. The highest BCUT2D eigenvalue weighted by Gasteiger charge is 2.34. The number of nitrogens with zero attached hydrogens (tertiary/aromatic N) is 2. The number of rotatable bonds is 4. The van der Waals surface area contributed by atoms with Crippen molar-refractivity contribution < 1.29 is 17.9 Å². The summed E-state index contributed by atoms with van der Waals surface area (Å²) >= 11 is 0. The number of esters is 1. The van der Waals surface area contributed by atoms with Crippen LogP contribution in [0.4, 0.5) is 5.82 Å². The molecule has 2 heterocycles. The molecular weight excluding hydrogens is 294 g/mol. The van der Waals surface area contributed by atoms with Gasteiger partial charge in [-0.05, 0) is 31.9 Å². The molecule has 1 saturated heterocycles. The number of carbonyl (C=O) groups is 1. The smallest absolute Gasteiger partial charge is 0.310 e. The van der Waals surface area contributed by atoms with Crippen LogP contribution in [0.25, 0.3) is 0 Å². The van der Waals surface area contributed by atoms with Gasteiger partial charge in [0.05, 0.1) is 12.5 Å². The van der Waals surface area contributed by atoms with Gasteiger partial charge in [0.1, 0.15) is 10.7 Å². The van der Waals surface area contributed by atoms with Crippen LogP contribution in [0.15, 0.2) is 23.2 Å². The van der Waals surface area contributed by atoms with E-state index in [-0.39, 0.29) is 23.2 Å². The molecule has 116 valence electrons. The molecule has 1 aliphatic rings. The Kier molecular flexibility index (Phi) is 4.79. The molecule has 0 saturated carbocycles. The van der Waals surface area contributed by atoms with E-state index in [1.54, 1.807) is 6.92 Å². The third-order valence-electron chi connectivity index (χ3n) is 3.40. The summed E-state index contributed by atoms with van der Waals surface area (Å²) in [6, 6.07) is 2.87. The Hall–Kier alpha value is -1.67. The number of aromatic nitrogens is 1. The molecule has 21 heavy (non-hydrogen) atoms. The van der Waals surface area contributed by atoms with Crippen molar-refractivity contribution in [3.8, 4) is 0 Å². The van der Waals surface area contributed by atoms with E-state index in [1.165, 1.54) is 22.6 Å². The topological polar surface area (TPSA) is 103 Å². The Morgan fingerprint density at radius 2 is 2.29 bits per heavy atom. The minimum Gasteiger partial charge on any atom is -0.466 e. The maximum absolute atomic E-state index is 12.5. The molecule has 0 aromatic carbocycles. The van der Waals surface area contributed by atoms with E-state index in [2.05, 4.69) is 4.98 Å². The third kappa shape index (κ3) is 3.51. The largest absolute Gasteiger partial charge is 0.466 e. The van der Waals surface area contributed by atoms with Crippen LogP contribution >= 0.6 is 0 Å². The molecule has 1 aromatic heterocycles. The Labute approximate surface area is 124 Å². The summed E-state index contributed by atoms with van der Waals surface area (Å²) < 4.78 is 31.3. The number of piperidine rings is 1. The van der Waals surface area contributed by atoms with Gasteiger partial charge in [-0.1, -0.05) is 0 Å². The van der Waals surface area contributed by atoms with E-state index in [1.807, 2.05) is 0 Å². The number of carbonyl (C=O) groups excluding carboxylic acids is 1. The van der Waals surface area contributed by atoms with Crippen LogP contribution in [0.5, 0.6) is 0 Å². The maximum Gasteiger partial charge on any atom is 0.310 e. The zero-order valence-corrected chi connectivity index (χ0v) is 12.7. The highest BCUT2D eigenvalue weighted by Crippen LogP contribution is 2.24. The van der Waals surface area contributed by atoms with E-state index >= 15 is 0 Å². The predicted octanol–water partition coefficient (Wildman–Crippen LogP) is 0.628. The van der Waals surface area contributed by atoms with E-state index in [0.717, 1.165) is 0 Å². The Morgan fingerprint density at radius 1 is 1.52 bits per heavy atom. The van der Waals surface area contributed by atoms with Crippen LogP contribution < -0.4 is 5.73 Å². The van der Waals surface area contributed by atoms with Gasteiger partial charge < -0.3 is 10.5 Å². The molecule has 0 radical (unpaired) electrons. The molecule has 1 atom stereocenters. The number of nitrogens with two attached hydrogens (primary N) is 1. The second-order valence-corrected chi connectivity index (χ2v) is 6.81. The maximum atomic E-state index is 12.5. The Balaban J connectivity index is 2.16. The Morgan fingerprint density at radius 3 is 2.90 bits per heavy atom. The van der Waals surface area contributed by atoms with Crippen molar-refractivity contribution in [2.75, 3.05) is 25.4 Å². The van der Waals surface area contributed by atoms with Crippen molar-refractivity contribution in [1.29, 1.82) is 0 Å². The number of anilines is 1. The third-order valence-corrected chi connectivity index (χ3v) is 5.25. The average Bonchev–Trinajstić information content (AvgIpc) is 2.48. The molecule has 2 N–H and O–H groups in total. The lowest BCUT2D eigenvalue weighted by atomic mass is 10.0. The molecule has 0 spiro atoms. The van der Waals surface area contributed by atoms with E-state index in [9.17, 15) is 13.2 Å². The van der Waals surface area contributed by atoms with Crippen LogP contribution in [0.2, 0.25) is 0 Å². The van der Waals surface area contributed by atoms with E-state index in [0.29, 0.717) is 26.0 Å². The number of pyridine rings is 1. The zero-order chi connectivity index (χ0) is 15.5. The van der Waals surface area contributed by atoms with Crippen molar-refractivity contribution in [2.24, 2.45) is 5.92 Å². The van der Waals surface area contributed by atoms with Crippen LogP contribution in [-0.2, 0) is 19.6 Å². The number of ether oxygens (including phenoxy) is 1. The van der Waals surface area contributed by atoms with Crippen molar-refractivity contribution in [2.45, 2.75) is 24.7 Å². The summed E-state index contributed by atoms with van der Waals surface area (Å²) in [6.07, 6.45) is 2.51. The first-order valence-electron chi connectivity index (χ1n) is 6.83. The molecule has 0 aliphatic carbocycles. The fraction of sp³-hybridized carbons (Fsp3) is 0.538. The first-order chi connectivity index (χ1) is 9.95. The second kappa shape index (κ2) is 6.40. The molecule has 0 bridgehead atoms. The normalized spacial score (nSPS) is 20.1. The molecule has 2 rings (SSSR count). The lowest BCUT2D eigenvalue weighted by molar-refractivity contribution is -0.149. The van der Waals surface area contributed by atoms with Gasteiger partial charge in [0.2, 0.25) is 10.0 Å². The van der Waals surface area contributed by atoms with Gasteiger partial charge in [-0.2, -0.15) is 4.31 Å². The second-order valence-electron chi connectivity index (χ2n) is 4.87. The van der Waals surface area contributed by atoms with Crippen LogP contribution in [0, 0.1) is 5.92 Å². The van der Waals surface area contributed by atoms with Gasteiger partial charge in [0.15, 0.2) is 0 Å². The molecule has 0 amide bonds. The highest BCUT2D eigenvalue weighted by molar-refractivity contribution is 7.89. The molecular formula is C13H19N3O4S. The minimum atomic E-state index is -3.65. The first kappa shape index (κ1) is 15.7. The summed E-state index contributed by atoms with van der Waals surface area (Å²) in [5.74, 6) is -0.486. The number of nitrogen functional groups attached to an aromatic ring is 1. The zero-order valence-electron chi connectivity index (χ0n) is 11.9. The standard InChI is InChI=1S/C13H19N3O4S/c1-2-20-13(17)10-4-3-7-16(9-10)21(18,19)11-5-6-12(14)15-8-11/h5-6,8,10H,2-4,7,9H2,1H3,(H2,14,15). The van der Waals surface area contributed by atoms with E-state index < -0.39 is 15.9 Å². The van der Waals surface area contributed by atoms with Gasteiger partial charge in [-0.25, -0.2) is 13.4 Å². The van der Waals surface area contributed by atoms with Crippen LogP contribution in [0.3, 0.4) is 0 Å². The van der Waals surface area contributed by atoms with Crippen LogP contribution in [0.1, 0.15) is 19.8 Å². The number of hydrogen-bond donors (Lipinski definition) is 1. The quantitative estimate of drug-likeness (QED) is 0.818. The van der Waals surface area contributed by atoms with Crippen molar-refractivity contribution in [3.05, 3.63) is 18.3 Å². The SMILES string of the molecule is CCOC(=O)C1CCCN(S(=O)(=O)c2ccc(N)nc2)C1. The van der Waals surface area contributed by atoms with Crippen molar-refractivity contribution >= 4 is 21.8 Å². The van der Waals surface area contributed by atoms with E-state index in [4.69, 9.17) is 10.5 Å². The molecule has 1 fully saturated rings. The fourth-order valence-corrected chi connectivity index (χ4v) is 3.78. The van der Waals surface area contributed by atoms with Gasteiger partial charge in [0.25, 0.3) is 0 Å². The molecule has 8 heteroatoms. The van der Waals surface area contributed by atoms with Crippen LogP contribution in [-0.4, -0.2) is 43.4 Å². The summed E-state index contributed by atoms with van der Waals surface area (Å²) in [7, 11) is -3.65. The lowest BCUT2D eigenvalue weighted by Gasteiger charge is -2.30.